The van der Waals surface area contributed by atoms with E-state index >= 15 is 0 Å². The van der Waals surface area contributed by atoms with Crippen LogP contribution in [0.4, 0.5) is 4.79 Å². The zero-order chi connectivity index (χ0) is 14.5. The van der Waals surface area contributed by atoms with E-state index in [0.717, 1.165) is 16.7 Å². The van der Waals surface area contributed by atoms with E-state index in [1.165, 1.54) is 6.08 Å². The fourth-order valence-electron chi connectivity index (χ4n) is 1.57. The number of aromatic nitrogens is 1. The lowest BCUT2D eigenvalue weighted by molar-refractivity contribution is -0.145. The number of hydrogen-bond acceptors (Lipinski definition) is 6. The Morgan fingerprint density at radius 3 is 2.90 bits per heavy atom. The molecule has 0 saturated carbocycles. The standard InChI is InChI=1S/C13H12N2O4S/c1-2-19-11(16)8-15-12(17)10(20-13(15)18)7-9-5-3-4-6-14-9/h3-7H,2,8H2,1H3. The van der Waals surface area contributed by atoms with Crippen molar-refractivity contribution in [1.29, 1.82) is 0 Å². The molecule has 1 aromatic heterocycles. The Morgan fingerprint density at radius 1 is 1.45 bits per heavy atom. The Morgan fingerprint density at radius 2 is 2.25 bits per heavy atom. The molecule has 1 fully saturated rings. The maximum atomic E-state index is 12.0. The molecule has 0 N–H and O–H groups in total. The van der Waals surface area contributed by atoms with E-state index in [1.807, 2.05) is 0 Å². The highest BCUT2D eigenvalue weighted by Crippen LogP contribution is 2.31. The van der Waals surface area contributed by atoms with Gasteiger partial charge in [0, 0.05) is 6.20 Å². The Bertz CT molecular complexity index is 571. The number of nitrogens with zero attached hydrogens (tertiary/aromatic N) is 2. The molecule has 0 radical (unpaired) electrons. The third-order valence-corrected chi connectivity index (χ3v) is 3.34. The van der Waals surface area contributed by atoms with Crippen molar-refractivity contribution in [3.63, 3.8) is 0 Å². The first-order chi connectivity index (χ1) is 9.61. The second kappa shape index (κ2) is 6.33. The van der Waals surface area contributed by atoms with Crippen molar-refractivity contribution < 1.29 is 19.1 Å². The quantitative estimate of drug-likeness (QED) is 0.621. The summed E-state index contributed by atoms with van der Waals surface area (Å²) in [6, 6.07) is 5.25. The number of imide groups is 1. The van der Waals surface area contributed by atoms with Crippen molar-refractivity contribution in [1.82, 2.24) is 9.88 Å². The predicted octanol–water partition coefficient (Wildman–Crippen LogP) is 1.68. The molecule has 1 aromatic rings. The maximum Gasteiger partial charge on any atom is 0.326 e. The van der Waals surface area contributed by atoms with Crippen molar-refractivity contribution in [3.8, 4) is 0 Å². The molecule has 0 unspecified atom stereocenters. The molecule has 0 aliphatic carbocycles. The zero-order valence-corrected chi connectivity index (χ0v) is 11.6. The monoisotopic (exact) mass is 292 g/mol. The van der Waals surface area contributed by atoms with Gasteiger partial charge in [-0.2, -0.15) is 0 Å². The van der Waals surface area contributed by atoms with Gasteiger partial charge in [0.1, 0.15) is 6.54 Å². The summed E-state index contributed by atoms with van der Waals surface area (Å²) in [6.45, 7) is 1.50. The van der Waals surface area contributed by atoms with E-state index < -0.39 is 17.1 Å². The summed E-state index contributed by atoms with van der Waals surface area (Å²) in [5.41, 5.74) is 0.578. The third-order valence-electron chi connectivity index (χ3n) is 2.43. The minimum absolute atomic E-state index is 0.207. The Kier molecular flexibility index (Phi) is 4.52. The van der Waals surface area contributed by atoms with Gasteiger partial charge in [-0.3, -0.25) is 24.3 Å². The van der Waals surface area contributed by atoms with Gasteiger partial charge in [0.15, 0.2) is 0 Å². The third kappa shape index (κ3) is 3.24. The molecule has 2 heterocycles. The Labute approximate surface area is 119 Å². The largest absolute Gasteiger partial charge is 0.465 e. The molecular formula is C13H12N2O4S. The van der Waals surface area contributed by atoms with Crippen molar-refractivity contribution in [3.05, 3.63) is 35.0 Å². The summed E-state index contributed by atoms with van der Waals surface area (Å²) in [7, 11) is 0. The number of ether oxygens (including phenoxy) is 1. The zero-order valence-electron chi connectivity index (χ0n) is 10.7. The fraction of sp³-hybridized carbons (Fsp3) is 0.231. The van der Waals surface area contributed by atoms with Crippen molar-refractivity contribution in [2.75, 3.05) is 13.2 Å². The highest BCUT2D eigenvalue weighted by atomic mass is 32.2. The van der Waals surface area contributed by atoms with E-state index in [1.54, 1.807) is 31.3 Å². The second-order valence-electron chi connectivity index (χ2n) is 3.83. The van der Waals surface area contributed by atoms with Gasteiger partial charge in [-0.25, -0.2) is 0 Å². The average molecular weight is 292 g/mol. The lowest BCUT2D eigenvalue weighted by Crippen LogP contribution is -2.34. The minimum atomic E-state index is -0.603. The molecular weight excluding hydrogens is 280 g/mol. The molecule has 0 spiro atoms. The normalized spacial score (nSPS) is 16.9. The summed E-state index contributed by atoms with van der Waals surface area (Å²) >= 11 is 0.787. The Balaban J connectivity index is 2.13. The Hall–Kier alpha value is -2.15. The highest BCUT2D eigenvalue weighted by Gasteiger charge is 2.36. The topological polar surface area (TPSA) is 76.6 Å². The molecule has 104 valence electrons. The van der Waals surface area contributed by atoms with Crippen LogP contribution in [0.5, 0.6) is 0 Å². The summed E-state index contributed by atoms with van der Waals surface area (Å²) in [4.78, 5) is 40.3. The fourth-order valence-corrected chi connectivity index (χ4v) is 2.39. The molecule has 2 rings (SSSR count). The van der Waals surface area contributed by atoms with Gasteiger partial charge in [-0.15, -0.1) is 0 Å². The number of hydrogen-bond donors (Lipinski definition) is 0. The highest BCUT2D eigenvalue weighted by molar-refractivity contribution is 8.18. The molecule has 0 bridgehead atoms. The molecule has 0 aromatic carbocycles. The minimum Gasteiger partial charge on any atom is -0.465 e. The van der Waals surface area contributed by atoms with E-state index in [2.05, 4.69) is 4.98 Å². The molecule has 1 saturated heterocycles. The van der Waals surface area contributed by atoms with Crippen LogP contribution in [0.25, 0.3) is 6.08 Å². The van der Waals surface area contributed by atoms with Crippen LogP contribution in [0.1, 0.15) is 12.6 Å². The van der Waals surface area contributed by atoms with Crippen molar-refractivity contribution in [2.45, 2.75) is 6.92 Å². The van der Waals surface area contributed by atoms with Crippen LogP contribution in [0.3, 0.4) is 0 Å². The lowest BCUT2D eigenvalue weighted by Gasteiger charge is -2.10. The van der Waals surface area contributed by atoms with Gasteiger partial charge in [-0.1, -0.05) is 6.07 Å². The number of amides is 2. The first-order valence-corrected chi connectivity index (χ1v) is 6.75. The number of carbonyl (C=O) groups is 3. The van der Waals surface area contributed by atoms with Gasteiger partial charge in [0.05, 0.1) is 17.2 Å². The summed E-state index contributed by atoms with van der Waals surface area (Å²) in [5.74, 6) is -1.10. The van der Waals surface area contributed by atoms with E-state index in [0.29, 0.717) is 5.69 Å². The number of carbonyl (C=O) groups excluding carboxylic acids is 3. The summed E-state index contributed by atoms with van der Waals surface area (Å²) in [5, 5.41) is -0.481. The van der Waals surface area contributed by atoms with Gasteiger partial charge < -0.3 is 4.74 Å². The molecule has 1 aliphatic rings. The molecule has 0 atom stereocenters. The van der Waals surface area contributed by atoms with Crippen LogP contribution in [0.15, 0.2) is 29.3 Å². The molecule has 2 amide bonds. The smallest absolute Gasteiger partial charge is 0.326 e. The average Bonchev–Trinajstić information content (AvgIpc) is 2.68. The number of rotatable bonds is 4. The second-order valence-corrected chi connectivity index (χ2v) is 4.82. The number of esters is 1. The van der Waals surface area contributed by atoms with Gasteiger partial charge in [0.25, 0.3) is 11.1 Å². The summed E-state index contributed by atoms with van der Waals surface area (Å²) in [6.07, 6.45) is 3.12. The van der Waals surface area contributed by atoms with E-state index in [9.17, 15) is 14.4 Å². The van der Waals surface area contributed by atoms with Crippen LogP contribution in [0, 0.1) is 0 Å². The maximum absolute atomic E-state index is 12.0. The van der Waals surface area contributed by atoms with E-state index in [4.69, 9.17) is 4.74 Å². The molecule has 1 aliphatic heterocycles. The van der Waals surface area contributed by atoms with Crippen molar-refractivity contribution in [2.24, 2.45) is 0 Å². The van der Waals surface area contributed by atoms with Crippen LogP contribution < -0.4 is 0 Å². The van der Waals surface area contributed by atoms with Gasteiger partial charge in [-0.05, 0) is 36.9 Å². The molecule has 6 nitrogen and oxygen atoms in total. The van der Waals surface area contributed by atoms with Crippen LogP contribution in [-0.2, 0) is 14.3 Å². The van der Waals surface area contributed by atoms with Crippen molar-refractivity contribution >= 4 is 35.0 Å². The van der Waals surface area contributed by atoms with Crippen LogP contribution in [-0.4, -0.2) is 40.2 Å². The van der Waals surface area contributed by atoms with Gasteiger partial charge >= 0.3 is 5.97 Å². The van der Waals surface area contributed by atoms with E-state index in [-0.39, 0.29) is 18.1 Å². The number of pyridine rings is 1. The first-order valence-electron chi connectivity index (χ1n) is 5.94. The predicted molar refractivity (Wildman–Crippen MR) is 73.5 cm³/mol. The SMILES string of the molecule is CCOC(=O)CN1C(=O)SC(=Cc2ccccn2)C1=O. The first kappa shape index (κ1) is 14.3. The molecule has 20 heavy (non-hydrogen) atoms. The van der Waals surface area contributed by atoms with Gasteiger partial charge in [0.2, 0.25) is 0 Å². The number of thioether (sulfide) groups is 1. The lowest BCUT2D eigenvalue weighted by atomic mass is 10.3. The molecule has 7 heteroatoms. The van der Waals surface area contributed by atoms with Crippen LogP contribution >= 0.6 is 11.8 Å². The van der Waals surface area contributed by atoms with Crippen LogP contribution in [0.2, 0.25) is 0 Å². The summed E-state index contributed by atoms with van der Waals surface area (Å²) < 4.78 is 4.73.